The number of halogens is 2. The Labute approximate surface area is 96.6 Å². The quantitative estimate of drug-likeness (QED) is 0.857. The maximum absolute atomic E-state index is 13.4. The summed E-state index contributed by atoms with van der Waals surface area (Å²) in [6.45, 7) is 1.91. The minimum atomic E-state index is -0.211. The lowest BCUT2D eigenvalue weighted by molar-refractivity contribution is 0.592. The fraction of sp³-hybridized carbons (Fsp3) is 0.300. The zero-order chi connectivity index (χ0) is 10.7. The second kappa shape index (κ2) is 4.84. The summed E-state index contributed by atoms with van der Waals surface area (Å²) in [5.41, 5.74) is 6.06. The molecular weight excluding hydrogens is 265 g/mol. The third-order valence-electron chi connectivity index (χ3n) is 2.00. The Morgan fingerprint density at radius 2 is 2.29 bits per heavy atom. The summed E-state index contributed by atoms with van der Waals surface area (Å²) < 4.78 is 14.2. The van der Waals surface area contributed by atoms with Crippen molar-refractivity contribution in [1.82, 2.24) is 0 Å². The summed E-state index contributed by atoms with van der Waals surface area (Å²) in [6.07, 6.45) is 0.530. The van der Waals surface area contributed by atoms with E-state index >= 15 is 0 Å². The van der Waals surface area contributed by atoms with Gasteiger partial charge in [0.1, 0.15) is 5.82 Å². The van der Waals surface area contributed by atoms with Crippen molar-refractivity contribution in [2.75, 3.05) is 0 Å². The summed E-state index contributed by atoms with van der Waals surface area (Å²) >= 11 is 8.09. The van der Waals surface area contributed by atoms with Crippen molar-refractivity contribution in [3.8, 4) is 0 Å². The molecule has 1 rings (SSSR count). The molecule has 2 N–H and O–H groups in total. The molecule has 0 fully saturated rings. The zero-order valence-corrected chi connectivity index (χ0v) is 10.2. The Morgan fingerprint density at radius 1 is 1.64 bits per heavy atom. The molecule has 0 heterocycles. The number of nitrogens with two attached hydrogens (primary N) is 1. The summed E-state index contributed by atoms with van der Waals surface area (Å²) in [5.74, 6) is -0.193. The van der Waals surface area contributed by atoms with E-state index in [1.807, 2.05) is 6.92 Å². The van der Waals surface area contributed by atoms with Crippen LogP contribution in [0.2, 0.25) is 0 Å². The topological polar surface area (TPSA) is 26.0 Å². The first-order valence-corrected chi connectivity index (χ1v) is 5.44. The Morgan fingerprint density at radius 3 is 2.86 bits per heavy atom. The van der Waals surface area contributed by atoms with Gasteiger partial charge in [-0.15, -0.1) is 0 Å². The van der Waals surface area contributed by atoms with Gasteiger partial charge in [0.2, 0.25) is 0 Å². The van der Waals surface area contributed by atoms with Gasteiger partial charge in [-0.25, -0.2) is 4.39 Å². The van der Waals surface area contributed by atoms with E-state index in [4.69, 9.17) is 18.0 Å². The van der Waals surface area contributed by atoms with Crippen molar-refractivity contribution in [2.24, 2.45) is 5.73 Å². The van der Waals surface area contributed by atoms with Crippen molar-refractivity contribution >= 4 is 33.1 Å². The molecule has 0 aliphatic rings. The van der Waals surface area contributed by atoms with Crippen LogP contribution in [0, 0.1) is 5.82 Å². The van der Waals surface area contributed by atoms with Crippen LogP contribution in [0.3, 0.4) is 0 Å². The Balaban J connectivity index is 2.93. The molecule has 1 aromatic rings. The lowest BCUT2D eigenvalue weighted by atomic mass is 9.97. The van der Waals surface area contributed by atoms with E-state index in [1.165, 1.54) is 6.07 Å². The van der Waals surface area contributed by atoms with E-state index in [0.29, 0.717) is 17.0 Å². The molecule has 0 bridgehead atoms. The minimum Gasteiger partial charge on any atom is -0.393 e. The normalized spacial score (nSPS) is 12.5. The maximum Gasteiger partial charge on any atom is 0.126 e. The molecule has 4 heteroatoms. The van der Waals surface area contributed by atoms with Gasteiger partial charge in [0.05, 0.1) is 4.99 Å². The minimum absolute atomic E-state index is 0.0185. The van der Waals surface area contributed by atoms with Crippen LogP contribution >= 0.6 is 28.1 Å². The number of rotatable bonds is 3. The molecule has 0 amide bonds. The fourth-order valence-electron chi connectivity index (χ4n) is 1.30. The van der Waals surface area contributed by atoms with E-state index < -0.39 is 0 Å². The Kier molecular flexibility index (Phi) is 4.01. The van der Waals surface area contributed by atoms with Gasteiger partial charge in [-0.2, -0.15) is 0 Å². The van der Waals surface area contributed by atoms with Gasteiger partial charge in [0.15, 0.2) is 0 Å². The Hall–Kier alpha value is -0.480. The molecule has 0 aliphatic carbocycles. The molecular formula is C10H11BrFNS. The van der Waals surface area contributed by atoms with Crippen molar-refractivity contribution in [1.29, 1.82) is 0 Å². The number of thiocarbonyl (C=S) groups is 1. The smallest absolute Gasteiger partial charge is 0.126 e. The van der Waals surface area contributed by atoms with Gasteiger partial charge in [-0.1, -0.05) is 35.1 Å². The second-order valence-electron chi connectivity index (χ2n) is 3.24. The molecule has 0 aliphatic heterocycles. The SMILES string of the molecule is CC(CC(N)=S)c1cc(Br)ccc1F. The molecule has 1 nitrogen and oxygen atoms in total. The second-order valence-corrected chi connectivity index (χ2v) is 4.68. The van der Waals surface area contributed by atoms with Gasteiger partial charge < -0.3 is 5.73 Å². The van der Waals surface area contributed by atoms with Crippen molar-refractivity contribution in [3.05, 3.63) is 34.1 Å². The van der Waals surface area contributed by atoms with Gasteiger partial charge in [0.25, 0.3) is 0 Å². The summed E-state index contributed by atoms with van der Waals surface area (Å²) in [5, 5.41) is 0. The highest BCUT2D eigenvalue weighted by Gasteiger charge is 2.12. The van der Waals surface area contributed by atoms with E-state index in [9.17, 15) is 4.39 Å². The molecule has 0 aromatic heterocycles. The van der Waals surface area contributed by atoms with Crippen molar-refractivity contribution < 1.29 is 4.39 Å². The summed E-state index contributed by atoms with van der Waals surface area (Å²) in [4.78, 5) is 0.414. The highest BCUT2D eigenvalue weighted by Crippen LogP contribution is 2.25. The molecule has 14 heavy (non-hydrogen) atoms. The van der Waals surface area contributed by atoms with Crippen LogP contribution in [-0.2, 0) is 0 Å². The highest BCUT2D eigenvalue weighted by atomic mass is 79.9. The van der Waals surface area contributed by atoms with Crippen LogP contribution in [0.1, 0.15) is 24.8 Å². The number of benzene rings is 1. The van der Waals surface area contributed by atoms with Crippen molar-refractivity contribution in [3.63, 3.8) is 0 Å². The maximum atomic E-state index is 13.4. The van der Waals surface area contributed by atoms with Crippen LogP contribution in [0.25, 0.3) is 0 Å². The average Bonchev–Trinajstić information content (AvgIpc) is 2.08. The predicted molar refractivity (Wildman–Crippen MR) is 63.9 cm³/mol. The van der Waals surface area contributed by atoms with Gasteiger partial charge in [0, 0.05) is 10.9 Å². The first kappa shape index (κ1) is 11.6. The van der Waals surface area contributed by atoms with Gasteiger partial charge in [-0.05, 0) is 29.7 Å². The third-order valence-corrected chi connectivity index (χ3v) is 2.66. The fourth-order valence-corrected chi connectivity index (χ4v) is 1.93. The summed E-state index contributed by atoms with van der Waals surface area (Å²) in [6, 6.07) is 4.88. The van der Waals surface area contributed by atoms with Gasteiger partial charge in [-0.3, -0.25) is 0 Å². The summed E-state index contributed by atoms with van der Waals surface area (Å²) in [7, 11) is 0. The van der Waals surface area contributed by atoms with E-state index in [-0.39, 0.29) is 11.7 Å². The van der Waals surface area contributed by atoms with Crippen LogP contribution in [0.5, 0.6) is 0 Å². The molecule has 0 saturated carbocycles. The van der Waals surface area contributed by atoms with E-state index in [0.717, 1.165) is 4.47 Å². The van der Waals surface area contributed by atoms with Crippen LogP contribution < -0.4 is 5.73 Å². The molecule has 0 radical (unpaired) electrons. The molecule has 1 aromatic carbocycles. The largest absolute Gasteiger partial charge is 0.393 e. The molecule has 0 saturated heterocycles. The highest BCUT2D eigenvalue weighted by molar-refractivity contribution is 9.10. The lowest BCUT2D eigenvalue weighted by Gasteiger charge is -2.12. The van der Waals surface area contributed by atoms with E-state index in [1.54, 1.807) is 12.1 Å². The predicted octanol–water partition coefficient (Wildman–Crippen LogP) is 3.37. The van der Waals surface area contributed by atoms with Crippen LogP contribution in [-0.4, -0.2) is 4.99 Å². The van der Waals surface area contributed by atoms with E-state index in [2.05, 4.69) is 15.9 Å². The number of hydrogen-bond acceptors (Lipinski definition) is 1. The molecule has 1 atom stereocenters. The monoisotopic (exact) mass is 275 g/mol. The first-order valence-electron chi connectivity index (χ1n) is 4.24. The standard InChI is InChI=1S/C10H11BrFNS/c1-6(4-10(13)14)8-5-7(11)2-3-9(8)12/h2-3,5-6H,4H2,1H3,(H2,13,14). The lowest BCUT2D eigenvalue weighted by Crippen LogP contribution is -2.12. The Bertz CT molecular complexity index is 354. The number of hydrogen-bond donors (Lipinski definition) is 1. The van der Waals surface area contributed by atoms with Crippen molar-refractivity contribution in [2.45, 2.75) is 19.3 Å². The molecule has 1 unspecified atom stereocenters. The van der Waals surface area contributed by atoms with Crippen LogP contribution in [0.4, 0.5) is 4.39 Å². The third kappa shape index (κ3) is 3.03. The average molecular weight is 276 g/mol. The van der Waals surface area contributed by atoms with Gasteiger partial charge >= 0.3 is 0 Å². The van der Waals surface area contributed by atoms with Crippen LogP contribution in [0.15, 0.2) is 22.7 Å². The first-order chi connectivity index (χ1) is 6.50. The zero-order valence-electron chi connectivity index (χ0n) is 7.76. The molecule has 76 valence electrons. The molecule has 0 spiro atoms.